The summed E-state index contributed by atoms with van der Waals surface area (Å²) in [5.74, 6) is -0.542. The van der Waals surface area contributed by atoms with Gasteiger partial charge >= 0.3 is 5.97 Å². The SMILES string of the molecule is C=CCN1C(=O)C(=Cc2ccc(OC(=O)c3ccco3)c(Cl)c2)SC1=S. The molecule has 132 valence electrons. The highest BCUT2D eigenvalue weighted by Crippen LogP contribution is 2.34. The third kappa shape index (κ3) is 3.90. The summed E-state index contributed by atoms with van der Waals surface area (Å²) in [6.45, 7) is 3.98. The molecule has 1 saturated heterocycles. The standard InChI is InChI=1S/C18H12ClNO4S2/c1-2-7-20-16(21)15(26-18(20)25)10-11-5-6-13(12(19)9-11)24-17(22)14-4-3-8-23-14/h2-6,8-10H,1,7H2. The maximum absolute atomic E-state index is 12.3. The van der Waals surface area contributed by atoms with Gasteiger partial charge in [-0.25, -0.2) is 4.79 Å². The first-order chi connectivity index (χ1) is 12.5. The minimum atomic E-state index is -0.644. The first kappa shape index (κ1) is 18.4. The topological polar surface area (TPSA) is 59.8 Å². The van der Waals surface area contributed by atoms with Crippen LogP contribution in [0.1, 0.15) is 16.1 Å². The fourth-order valence-electron chi connectivity index (χ4n) is 2.17. The maximum Gasteiger partial charge on any atom is 0.379 e. The van der Waals surface area contributed by atoms with Crippen molar-refractivity contribution in [2.75, 3.05) is 6.54 Å². The van der Waals surface area contributed by atoms with Gasteiger partial charge in [-0.15, -0.1) is 6.58 Å². The lowest BCUT2D eigenvalue weighted by Gasteiger charge is -2.10. The molecule has 0 aliphatic carbocycles. The van der Waals surface area contributed by atoms with Gasteiger partial charge in [0.15, 0.2) is 0 Å². The second-order valence-electron chi connectivity index (χ2n) is 5.14. The fourth-order valence-corrected chi connectivity index (χ4v) is 3.67. The van der Waals surface area contributed by atoms with Gasteiger partial charge < -0.3 is 9.15 Å². The molecule has 1 aromatic heterocycles. The van der Waals surface area contributed by atoms with Crippen LogP contribution in [0.4, 0.5) is 0 Å². The minimum Gasteiger partial charge on any atom is -0.457 e. The number of hydrogen-bond donors (Lipinski definition) is 0. The summed E-state index contributed by atoms with van der Waals surface area (Å²) < 4.78 is 10.7. The monoisotopic (exact) mass is 405 g/mol. The Kier molecular flexibility index (Phi) is 5.61. The summed E-state index contributed by atoms with van der Waals surface area (Å²) in [5, 5.41) is 0.236. The normalized spacial score (nSPS) is 15.6. The van der Waals surface area contributed by atoms with E-state index < -0.39 is 5.97 Å². The Morgan fingerprint density at radius 3 is 2.88 bits per heavy atom. The van der Waals surface area contributed by atoms with E-state index >= 15 is 0 Å². The van der Waals surface area contributed by atoms with Gasteiger partial charge in [0, 0.05) is 6.54 Å². The molecule has 0 bridgehead atoms. The molecule has 1 fully saturated rings. The van der Waals surface area contributed by atoms with Gasteiger partial charge in [-0.2, -0.15) is 0 Å². The van der Waals surface area contributed by atoms with E-state index in [0.29, 0.717) is 21.3 Å². The first-order valence-electron chi connectivity index (χ1n) is 7.41. The van der Waals surface area contributed by atoms with Crippen LogP contribution in [0.25, 0.3) is 6.08 Å². The Morgan fingerprint density at radius 2 is 2.23 bits per heavy atom. The number of esters is 1. The molecule has 3 rings (SSSR count). The van der Waals surface area contributed by atoms with Crippen LogP contribution in [0, 0.1) is 0 Å². The number of thiocarbonyl (C=S) groups is 1. The van der Waals surface area contributed by atoms with Gasteiger partial charge in [-0.05, 0) is 35.9 Å². The van der Waals surface area contributed by atoms with E-state index in [1.165, 1.54) is 29.0 Å². The predicted molar refractivity (Wildman–Crippen MR) is 105 cm³/mol. The molecule has 0 N–H and O–H groups in total. The third-order valence-electron chi connectivity index (χ3n) is 3.36. The Hall–Kier alpha value is -2.35. The Labute approximate surface area is 164 Å². The van der Waals surface area contributed by atoms with Gasteiger partial charge in [-0.1, -0.05) is 47.7 Å². The van der Waals surface area contributed by atoms with E-state index in [0.717, 1.165) is 0 Å². The number of nitrogens with zero attached hydrogens (tertiary/aromatic N) is 1. The van der Waals surface area contributed by atoms with E-state index in [1.54, 1.807) is 36.4 Å². The van der Waals surface area contributed by atoms with Crippen molar-refractivity contribution >= 4 is 57.9 Å². The van der Waals surface area contributed by atoms with Gasteiger partial charge in [-0.3, -0.25) is 9.69 Å². The Bertz CT molecular complexity index is 921. The van der Waals surface area contributed by atoms with Gasteiger partial charge in [0.1, 0.15) is 10.1 Å². The van der Waals surface area contributed by atoms with Crippen molar-refractivity contribution in [1.29, 1.82) is 0 Å². The molecule has 2 aromatic rings. The molecule has 5 nitrogen and oxygen atoms in total. The van der Waals surface area contributed by atoms with Crippen molar-refractivity contribution in [2.45, 2.75) is 0 Å². The number of carbonyl (C=O) groups excluding carboxylic acids is 2. The quantitative estimate of drug-likeness (QED) is 0.239. The molecular weight excluding hydrogens is 394 g/mol. The number of rotatable bonds is 5. The minimum absolute atomic E-state index is 0.0797. The number of hydrogen-bond acceptors (Lipinski definition) is 6. The van der Waals surface area contributed by atoms with Gasteiger partial charge in [0.25, 0.3) is 5.91 Å². The molecule has 2 heterocycles. The van der Waals surface area contributed by atoms with Crippen LogP contribution in [-0.4, -0.2) is 27.6 Å². The number of carbonyl (C=O) groups is 2. The lowest BCUT2D eigenvalue weighted by Crippen LogP contribution is -2.27. The average Bonchev–Trinajstić information content (AvgIpc) is 3.22. The summed E-state index contributed by atoms with van der Waals surface area (Å²) in [4.78, 5) is 26.2. The maximum atomic E-state index is 12.3. The van der Waals surface area contributed by atoms with E-state index in [1.807, 2.05) is 0 Å². The van der Waals surface area contributed by atoms with Crippen LogP contribution in [-0.2, 0) is 4.79 Å². The molecule has 1 amide bonds. The molecule has 0 unspecified atom stereocenters. The van der Waals surface area contributed by atoms with Gasteiger partial charge in [0.2, 0.25) is 5.76 Å². The second kappa shape index (κ2) is 7.90. The highest BCUT2D eigenvalue weighted by atomic mass is 35.5. The summed E-state index contributed by atoms with van der Waals surface area (Å²) in [5.41, 5.74) is 0.687. The van der Waals surface area contributed by atoms with Crippen molar-refractivity contribution in [3.05, 3.63) is 70.5 Å². The zero-order chi connectivity index (χ0) is 18.7. The molecule has 0 radical (unpaired) electrons. The summed E-state index contributed by atoms with van der Waals surface area (Å²) in [7, 11) is 0. The number of thioether (sulfide) groups is 1. The second-order valence-corrected chi connectivity index (χ2v) is 7.22. The lowest BCUT2D eigenvalue weighted by molar-refractivity contribution is -0.121. The summed E-state index contributed by atoms with van der Waals surface area (Å²) >= 11 is 12.6. The van der Waals surface area contributed by atoms with Crippen LogP contribution in [0.5, 0.6) is 5.75 Å². The number of amides is 1. The Morgan fingerprint density at radius 1 is 1.42 bits per heavy atom. The molecule has 1 aliphatic rings. The van der Waals surface area contributed by atoms with Crippen molar-refractivity contribution < 1.29 is 18.7 Å². The van der Waals surface area contributed by atoms with Crippen LogP contribution < -0.4 is 4.74 Å². The number of halogens is 1. The first-order valence-corrected chi connectivity index (χ1v) is 9.01. The van der Waals surface area contributed by atoms with Crippen molar-refractivity contribution in [3.63, 3.8) is 0 Å². The molecule has 1 aromatic carbocycles. The molecule has 0 atom stereocenters. The molecule has 0 spiro atoms. The molecule has 8 heteroatoms. The smallest absolute Gasteiger partial charge is 0.379 e. The van der Waals surface area contributed by atoms with E-state index in [-0.39, 0.29) is 22.4 Å². The van der Waals surface area contributed by atoms with Crippen molar-refractivity contribution in [2.24, 2.45) is 0 Å². The highest BCUT2D eigenvalue weighted by Gasteiger charge is 2.31. The van der Waals surface area contributed by atoms with E-state index in [9.17, 15) is 9.59 Å². The zero-order valence-electron chi connectivity index (χ0n) is 13.3. The predicted octanol–water partition coefficient (Wildman–Crippen LogP) is 4.54. The highest BCUT2D eigenvalue weighted by molar-refractivity contribution is 8.26. The zero-order valence-corrected chi connectivity index (χ0v) is 15.7. The largest absolute Gasteiger partial charge is 0.457 e. The molecular formula is C18H12ClNO4S2. The van der Waals surface area contributed by atoms with Crippen molar-refractivity contribution in [1.82, 2.24) is 4.90 Å². The van der Waals surface area contributed by atoms with Crippen LogP contribution >= 0.6 is 35.6 Å². The third-order valence-corrected chi connectivity index (χ3v) is 5.04. The fraction of sp³-hybridized carbons (Fsp3) is 0.0556. The van der Waals surface area contributed by atoms with E-state index in [4.69, 9.17) is 33.0 Å². The lowest BCUT2D eigenvalue weighted by atomic mass is 10.2. The molecule has 26 heavy (non-hydrogen) atoms. The molecule has 1 aliphatic heterocycles. The molecule has 0 saturated carbocycles. The number of ether oxygens (including phenoxy) is 1. The van der Waals surface area contributed by atoms with Gasteiger partial charge in [0.05, 0.1) is 16.2 Å². The van der Waals surface area contributed by atoms with Crippen LogP contribution in [0.2, 0.25) is 5.02 Å². The van der Waals surface area contributed by atoms with Crippen LogP contribution in [0.15, 0.2) is 58.6 Å². The van der Waals surface area contributed by atoms with E-state index in [2.05, 4.69) is 6.58 Å². The summed E-state index contributed by atoms with van der Waals surface area (Å²) in [6.07, 6.45) is 4.68. The Balaban J connectivity index is 1.77. The summed E-state index contributed by atoms with van der Waals surface area (Å²) in [6, 6.07) is 7.93. The average molecular weight is 406 g/mol. The number of furan rings is 1. The van der Waals surface area contributed by atoms with Crippen LogP contribution in [0.3, 0.4) is 0 Å². The number of benzene rings is 1. The van der Waals surface area contributed by atoms with Crippen molar-refractivity contribution in [3.8, 4) is 5.75 Å².